The molecule has 8 aromatic carbocycles. The Balaban J connectivity index is 1.18. The first-order chi connectivity index (χ1) is 27.2. The Labute approximate surface area is 316 Å². The molecule has 0 fully saturated rings. The van der Waals surface area contributed by atoms with Crippen molar-refractivity contribution in [1.82, 2.24) is 13.7 Å². The highest BCUT2D eigenvalue weighted by molar-refractivity contribution is 6.16. The predicted molar refractivity (Wildman–Crippen MR) is 224 cm³/mol. The van der Waals surface area contributed by atoms with Crippen LogP contribution in [0.2, 0.25) is 0 Å². The number of aromatic nitrogens is 3. The monoisotopic (exact) mass is 699 g/mol. The molecule has 254 valence electrons. The second-order valence-electron chi connectivity index (χ2n) is 13.9. The summed E-state index contributed by atoms with van der Waals surface area (Å²) in [4.78, 5) is 0. The number of para-hydroxylation sites is 5. The molecule has 11 rings (SSSR count). The fourth-order valence-corrected chi connectivity index (χ4v) is 8.83. The van der Waals surface area contributed by atoms with Gasteiger partial charge < -0.3 is 13.7 Å². The van der Waals surface area contributed by atoms with Gasteiger partial charge in [0.15, 0.2) is 0 Å². The largest absolute Gasteiger partial charge is 0.309 e. The molecule has 0 atom stereocenters. The lowest BCUT2D eigenvalue weighted by Gasteiger charge is -2.17. The number of fused-ring (bicyclic) bond motifs is 9. The van der Waals surface area contributed by atoms with Crippen LogP contribution >= 0.6 is 0 Å². The molecule has 0 aliphatic heterocycles. The molecule has 0 amide bonds. The zero-order chi connectivity index (χ0) is 36.6. The van der Waals surface area contributed by atoms with Gasteiger partial charge in [-0.25, -0.2) is 0 Å². The molecule has 0 saturated carbocycles. The summed E-state index contributed by atoms with van der Waals surface area (Å²) in [5.41, 5.74) is 12.4. The maximum absolute atomic E-state index is 10.6. The number of rotatable bonds is 4. The zero-order valence-corrected chi connectivity index (χ0v) is 29.5. The Bertz CT molecular complexity index is 3420. The van der Waals surface area contributed by atoms with E-state index in [4.69, 9.17) is 0 Å². The zero-order valence-electron chi connectivity index (χ0n) is 29.5. The van der Waals surface area contributed by atoms with Gasteiger partial charge in [-0.15, -0.1) is 0 Å². The van der Waals surface area contributed by atoms with Crippen molar-refractivity contribution in [2.75, 3.05) is 0 Å². The van der Waals surface area contributed by atoms with E-state index in [9.17, 15) is 10.5 Å². The van der Waals surface area contributed by atoms with Gasteiger partial charge in [-0.2, -0.15) is 10.5 Å². The van der Waals surface area contributed by atoms with E-state index in [0.717, 1.165) is 82.8 Å². The maximum Gasteiger partial charge on any atom is 0.0998 e. The third-order valence-electron chi connectivity index (χ3n) is 11.1. The molecule has 0 radical (unpaired) electrons. The van der Waals surface area contributed by atoms with Crippen molar-refractivity contribution in [1.29, 1.82) is 10.5 Å². The molecule has 3 aromatic heterocycles. The van der Waals surface area contributed by atoms with Crippen LogP contribution in [0.4, 0.5) is 0 Å². The van der Waals surface area contributed by atoms with Crippen molar-refractivity contribution in [2.24, 2.45) is 0 Å². The van der Waals surface area contributed by atoms with E-state index >= 15 is 0 Å². The summed E-state index contributed by atoms with van der Waals surface area (Å²) in [6.07, 6.45) is 0. The molecule has 3 heterocycles. The second kappa shape index (κ2) is 11.8. The fraction of sp³-hybridized carbons (Fsp3) is 0. The highest BCUT2D eigenvalue weighted by Crippen LogP contribution is 2.42. The lowest BCUT2D eigenvalue weighted by atomic mass is 9.97. The minimum absolute atomic E-state index is 0.585. The molecule has 0 N–H and O–H groups in total. The van der Waals surface area contributed by atoms with Crippen molar-refractivity contribution in [3.8, 4) is 40.3 Å². The summed E-state index contributed by atoms with van der Waals surface area (Å²) in [6, 6.07) is 65.9. The Morgan fingerprint density at radius 3 is 1.53 bits per heavy atom. The van der Waals surface area contributed by atoms with E-state index in [2.05, 4.69) is 153 Å². The molecule has 0 saturated heterocycles. The highest BCUT2D eigenvalue weighted by atomic mass is 15.0. The number of nitriles is 2. The number of benzene rings is 8. The van der Waals surface area contributed by atoms with Crippen LogP contribution in [-0.2, 0) is 0 Å². The van der Waals surface area contributed by atoms with E-state index in [1.165, 1.54) is 10.8 Å². The average molecular weight is 700 g/mol. The summed E-state index contributed by atoms with van der Waals surface area (Å²) in [5, 5.41) is 27.4. The van der Waals surface area contributed by atoms with Crippen LogP contribution in [0.15, 0.2) is 176 Å². The van der Waals surface area contributed by atoms with Crippen LogP contribution in [0.1, 0.15) is 11.1 Å². The van der Waals surface area contributed by atoms with Gasteiger partial charge in [0.05, 0.1) is 67.7 Å². The lowest BCUT2D eigenvalue weighted by molar-refractivity contribution is 1.16. The third kappa shape index (κ3) is 4.39. The number of hydrogen-bond donors (Lipinski definition) is 0. The molecule has 5 nitrogen and oxygen atoms in total. The van der Waals surface area contributed by atoms with Crippen molar-refractivity contribution in [3.63, 3.8) is 0 Å². The van der Waals surface area contributed by atoms with Crippen molar-refractivity contribution in [2.45, 2.75) is 0 Å². The van der Waals surface area contributed by atoms with Gasteiger partial charge in [-0.3, -0.25) is 0 Å². The summed E-state index contributed by atoms with van der Waals surface area (Å²) < 4.78 is 6.95. The van der Waals surface area contributed by atoms with Gasteiger partial charge in [-0.1, -0.05) is 103 Å². The van der Waals surface area contributed by atoms with Crippen LogP contribution in [-0.4, -0.2) is 13.7 Å². The summed E-state index contributed by atoms with van der Waals surface area (Å²) in [7, 11) is 0. The first kappa shape index (κ1) is 30.7. The number of nitrogens with zero attached hydrogens (tertiary/aromatic N) is 5. The lowest BCUT2D eigenvalue weighted by Crippen LogP contribution is -2.00. The molecule has 0 aliphatic rings. The van der Waals surface area contributed by atoms with Gasteiger partial charge in [0, 0.05) is 49.1 Å². The van der Waals surface area contributed by atoms with E-state index < -0.39 is 0 Å². The Kier molecular flexibility index (Phi) is 6.61. The average Bonchev–Trinajstić information content (AvgIpc) is 3.89. The molecule has 11 aromatic rings. The maximum atomic E-state index is 10.6. The molecule has 0 spiro atoms. The van der Waals surface area contributed by atoms with Crippen molar-refractivity contribution < 1.29 is 0 Å². The summed E-state index contributed by atoms with van der Waals surface area (Å²) >= 11 is 0. The fourth-order valence-electron chi connectivity index (χ4n) is 8.83. The van der Waals surface area contributed by atoms with Gasteiger partial charge in [0.1, 0.15) is 0 Å². The smallest absolute Gasteiger partial charge is 0.0998 e. The van der Waals surface area contributed by atoms with Crippen LogP contribution in [0.25, 0.3) is 93.6 Å². The quantitative estimate of drug-likeness (QED) is 0.184. The molecule has 55 heavy (non-hydrogen) atoms. The molecule has 0 unspecified atom stereocenters. The van der Waals surface area contributed by atoms with E-state index in [-0.39, 0.29) is 0 Å². The molecule has 0 aliphatic carbocycles. The van der Waals surface area contributed by atoms with Crippen LogP contribution in [0.3, 0.4) is 0 Å². The third-order valence-corrected chi connectivity index (χ3v) is 11.1. The normalized spacial score (nSPS) is 11.6. The Morgan fingerprint density at radius 2 is 0.873 bits per heavy atom. The van der Waals surface area contributed by atoms with Crippen LogP contribution < -0.4 is 0 Å². The van der Waals surface area contributed by atoms with E-state index in [1.54, 1.807) is 0 Å². The molecule has 0 bridgehead atoms. The van der Waals surface area contributed by atoms with Crippen LogP contribution in [0, 0.1) is 22.7 Å². The Hall–Kier alpha value is -7.86. The molecule has 5 heteroatoms. The highest BCUT2D eigenvalue weighted by Gasteiger charge is 2.22. The van der Waals surface area contributed by atoms with E-state index in [1.807, 2.05) is 48.5 Å². The second-order valence-corrected chi connectivity index (χ2v) is 13.9. The first-order valence-corrected chi connectivity index (χ1v) is 18.3. The number of hydrogen-bond acceptors (Lipinski definition) is 2. The van der Waals surface area contributed by atoms with Crippen molar-refractivity contribution >= 4 is 65.4 Å². The minimum atomic E-state index is 0.585. The van der Waals surface area contributed by atoms with Crippen molar-refractivity contribution in [3.05, 3.63) is 187 Å². The van der Waals surface area contributed by atoms with Crippen LogP contribution in [0.5, 0.6) is 0 Å². The van der Waals surface area contributed by atoms with Gasteiger partial charge in [-0.05, 0) is 72.8 Å². The predicted octanol–water partition coefficient (Wildman–Crippen LogP) is 12.4. The molecular weight excluding hydrogens is 671 g/mol. The summed E-state index contributed by atoms with van der Waals surface area (Å²) in [6.45, 7) is 0. The van der Waals surface area contributed by atoms with Gasteiger partial charge in [0.2, 0.25) is 0 Å². The standard InChI is InChI=1S/C50H29N5/c51-30-32-24-27-39-37-14-3-8-19-44(37)55(49(39)28-32)45-20-9-4-15-38(45)41-29-34(26-25-33(41)31-52)53-46-21-10-5-16-40(46)50-47(53)22-11-23-48(50)54-42-17-6-1-12-35(42)36-13-2-7-18-43(36)54/h1-29H. The van der Waals surface area contributed by atoms with Gasteiger partial charge >= 0.3 is 0 Å². The molecular formula is C50H29N5. The topological polar surface area (TPSA) is 62.4 Å². The summed E-state index contributed by atoms with van der Waals surface area (Å²) in [5.74, 6) is 0. The van der Waals surface area contributed by atoms with Gasteiger partial charge in [0.25, 0.3) is 0 Å². The minimum Gasteiger partial charge on any atom is -0.309 e. The van der Waals surface area contributed by atoms with E-state index in [0.29, 0.717) is 11.1 Å². The Morgan fingerprint density at radius 1 is 0.345 bits per heavy atom. The SMILES string of the molecule is N#Cc1ccc2c3ccccc3n(-c3ccccc3-c3cc(-n4c5ccccc5c5c(-n6c7ccccc7c7ccccc76)cccc54)ccc3C#N)c2c1. The first-order valence-electron chi connectivity index (χ1n) is 18.3.